The molecule has 0 radical (unpaired) electrons. The van der Waals surface area contributed by atoms with E-state index in [2.05, 4.69) is 13.5 Å². The molecule has 5 heteroatoms. The number of benzene rings is 1. The lowest BCUT2D eigenvalue weighted by Gasteiger charge is -2.27. The lowest BCUT2D eigenvalue weighted by Crippen LogP contribution is -2.38. The second-order valence-corrected chi connectivity index (χ2v) is 8.26. The van der Waals surface area contributed by atoms with Crippen molar-refractivity contribution in [2.75, 3.05) is 7.11 Å². The predicted molar refractivity (Wildman–Crippen MR) is 117 cm³/mol. The molecule has 0 spiro atoms. The number of carbonyl (C=O) groups excluding carboxylic acids is 2. The lowest BCUT2D eigenvalue weighted by atomic mass is 9.78. The van der Waals surface area contributed by atoms with Gasteiger partial charge in [0.05, 0.1) is 12.7 Å². The van der Waals surface area contributed by atoms with Crippen molar-refractivity contribution >= 4 is 11.9 Å². The minimum absolute atomic E-state index is 0.129. The van der Waals surface area contributed by atoms with Crippen LogP contribution in [0.4, 0.5) is 0 Å². The standard InChI is InChI=1S/C25H36O5/c1-5-6-7-8-9-10-11-12-13-22-25(3,19(2)23(26)30-22)24(27)29-18-20-14-16-21(28-4)17-15-20/h14-17,22H,2,5-13,18H2,1,3-4H3/t22-,25+/m1/s1. The van der Waals surface area contributed by atoms with Crippen LogP contribution in [-0.4, -0.2) is 25.2 Å². The minimum atomic E-state index is -1.13. The summed E-state index contributed by atoms with van der Waals surface area (Å²) < 4.78 is 16.2. The lowest BCUT2D eigenvalue weighted by molar-refractivity contribution is -0.158. The Morgan fingerprint density at radius 3 is 2.27 bits per heavy atom. The Labute approximate surface area is 180 Å². The summed E-state index contributed by atoms with van der Waals surface area (Å²) in [5.74, 6) is -0.215. The Bertz CT molecular complexity index is 709. The van der Waals surface area contributed by atoms with Gasteiger partial charge in [0.15, 0.2) is 0 Å². The molecule has 0 aliphatic carbocycles. The van der Waals surface area contributed by atoms with Crippen molar-refractivity contribution in [2.24, 2.45) is 5.41 Å². The van der Waals surface area contributed by atoms with Crippen molar-refractivity contribution in [3.63, 3.8) is 0 Å². The highest BCUT2D eigenvalue weighted by molar-refractivity contribution is 6.00. The molecule has 0 bridgehead atoms. The molecule has 1 aromatic carbocycles. The molecule has 0 N–H and O–H groups in total. The van der Waals surface area contributed by atoms with E-state index in [9.17, 15) is 9.59 Å². The molecular formula is C25H36O5. The molecule has 1 aliphatic rings. The van der Waals surface area contributed by atoms with E-state index in [4.69, 9.17) is 14.2 Å². The van der Waals surface area contributed by atoms with E-state index >= 15 is 0 Å². The van der Waals surface area contributed by atoms with E-state index in [1.54, 1.807) is 14.0 Å². The molecule has 166 valence electrons. The Balaban J connectivity index is 1.85. The third-order valence-corrected chi connectivity index (χ3v) is 6.04. The fraction of sp³-hybridized carbons (Fsp3) is 0.600. The maximum Gasteiger partial charge on any atom is 0.335 e. The number of ether oxygens (including phenoxy) is 3. The number of hydrogen-bond donors (Lipinski definition) is 0. The molecule has 2 atom stereocenters. The van der Waals surface area contributed by atoms with Gasteiger partial charge in [0, 0.05) is 0 Å². The molecular weight excluding hydrogens is 380 g/mol. The molecule has 0 aromatic heterocycles. The monoisotopic (exact) mass is 416 g/mol. The summed E-state index contributed by atoms with van der Waals surface area (Å²) in [5.41, 5.74) is -0.0972. The van der Waals surface area contributed by atoms with Gasteiger partial charge in [-0.3, -0.25) is 4.79 Å². The fourth-order valence-corrected chi connectivity index (χ4v) is 3.81. The predicted octanol–water partition coefficient (Wildman–Crippen LogP) is 5.76. The molecule has 1 saturated heterocycles. The van der Waals surface area contributed by atoms with Crippen LogP contribution in [0.2, 0.25) is 0 Å². The second kappa shape index (κ2) is 11.8. The quantitative estimate of drug-likeness (QED) is 0.232. The maximum atomic E-state index is 12.9. The summed E-state index contributed by atoms with van der Waals surface area (Å²) in [7, 11) is 1.60. The van der Waals surface area contributed by atoms with Gasteiger partial charge in [-0.1, -0.05) is 70.6 Å². The summed E-state index contributed by atoms with van der Waals surface area (Å²) in [4.78, 5) is 25.1. The smallest absolute Gasteiger partial charge is 0.335 e. The first-order valence-corrected chi connectivity index (χ1v) is 11.1. The van der Waals surface area contributed by atoms with Crippen LogP contribution in [0.5, 0.6) is 5.75 Å². The van der Waals surface area contributed by atoms with Crippen LogP contribution < -0.4 is 4.74 Å². The third-order valence-electron chi connectivity index (χ3n) is 6.04. The summed E-state index contributed by atoms with van der Waals surface area (Å²) in [6.07, 6.45) is 9.66. The highest BCUT2D eigenvalue weighted by Gasteiger charge is 2.55. The zero-order valence-corrected chi connectivity index (χ0v) is 18.7. The van der Waals surface area contributed by atoms with Gasteiger partial charge in [-0.2, -0.15) is 0 Å². The van der Waals surface area contributed by atoms with E-state index in [1.165, 1.54) is 38.5 Å². The molecule has 2 rings (SSSR count). The summed E-state index contributed by atoms with van der Waals surface area (Å²) in [6, 6.07) is 7.32. The largest absolute Gasteiger partial charge is 0.497 e. The van der Waals surface area contributed by atoms with Gasteiger partial charge in [-0.25, -0.2) is 4.79 Å². The van der Waals surface area contributed by atoms with Gasteiger partial charge in [-0.15, -0.1) is 0 Å². The Morgan fingerprint density at radius 1 is 1.07 bits per heavy atom. The molecule has 0 saturated carbocycles. The van der Waals surface area contributed by atoms with Crippen molar-refractivity contribution in [3.8, 4) is 5.75 Å². The van der Waals surface area contributed by atoms with E-state index < -0.39 is 23.5 Å². The molecule has 1 aliphatic heterocycles. The van der Waals surface area contributed by atoms with Crippen LogP contribution >= 0.6 is 0 Å². The third kappa shape index (κ3) is 6.10. The van der Waals surface area contributed by atoms with Crippen molar-refractivity contribution in [3.05, 3.63) is 42.0 Å². The van der Waals surface area contributed by atoms with Crippen LogP contribution in [0.25, 0.3) is 0 Å². The van der Waals surface area contributed by atoms with Crippen LogP contribution in [-0.2, 0) is 25.7 Å². The van der Waals surface area contributed by atoms with Gasteiger partial charge in [-0.05, 0) is 37.5 Å². The zero-order chi connectivity index (χ0) is 22.0. The van der Waals surface area contributed by atoms with E-state index in [0.29, 0.717) is 6.42 Å². The first-order chi connectivity index (χ1) is 14.4. The van der Waals surface area contributed by atoms with Gasteiger partial charge in [0.2, 0.25) is 0 Å². The van der Waals surface area contributed by atoms with Crippen LogP contribution in [0, 0.1) is 5.41 Å². The number of carbonyl (C=O) groups is 2. The topological polar surface area (TPSA) is 61.8 Å². The molecule has 1 fully saturated rings. The van der Waals surface area contributed by atoms with E-state index in [0.717, 1.165) is 24.2 Å². The summed E-state index contributed by atoms with van der Waals surface area (Å²) in [5, 5.41) is 0. The van der Waals surface area contributed by atoms with Gasteiger partial charge >= 0.3 is 11.9 Å². The first-order valence-electron chi connectivity index (χ1n) is 11.1. The number of methoxy groups -OCH3 is 1. The number of unbranched alkanes of at least 4 members (excludes halogenated alkanes) is 7. The average molecular weight is 417 g/mol. The van der Waals surface area contributed by atoms with Crippen molar-refractivity contribution in [1.29, 1.82) is 0 Å². The maximum absolute atomic E-state index is 12.9. The molecule has 5 nitrogen and oxygen atoms in total. The molecule has 0 amide bonds. The van der Waals surface area contributed by atoms with Crippen LogP contribution in [0.15, 0.2) is 36.4 Å². The summed E-state index contributed by atoms with van der Waals surface area (Å²) >= 11 is 0. The van der Waals surface area contributed by atoms with E-state index in [1.807, 2.05) is 24.3 Å². The van der Waals surface area contributed by atoms with Crippen molar-refractivity contribution in [1.82, 2.24) is 0 Å². The first kappa shape index (κ1) is 24.0. The van der Waals surface area contributed by atoms with Crippen molar-refractivity contribution in [2.45, 2.75) is 84.3 Å². The number of cyclic esters (lactones) is 1. The Morgan fingerprint density at radius 2 is 1.67 bits per heavy atom. The van der Waals surface area contributed by atoms with Crippen molar-refractivity contribution < 1.29 is 23.8 Å². The Kier molecular flexibility index (Phi) is 9.41. The highest BCUT2D eigenvalue weighted by Crippen LogP contribution is 2.43. The minimum Gasteiger partial charge on any atom is -0.497 e. The summed E-state index contributed by atoms with van der Waals surface area (Å²) in [6.45, 7) is 7.89. The number of rotatable bonds is 13. The van der Waals surface area contributed by atoms with Gasteiger partial charge in [0.1, 0.15) is 23.9 Å². The fourth-order valence-electron chi connectivity index (χ4n) is 3.81. The number of esters is 2. The second-order valence-electron chi connectivity index (χ2n) is 8.26. The van der Waals surface area contributed by atoms with Crippen LogP contribution in [0.1, 0.15) is 77.2 Å². The van der Waals surface area contributed by atoms with Crippen LogP contribution in [0.3, 0.4) is 0 Å². The van der Waals surface area contributed by atoms with Gasteiger partial charge < -0.3 is 14.2 Å². The van der Waals surface area contributed by atoms with E-state index in [-0.39, 0.29) is 12.2 Å². The Hall–Kier alpha value is -2.30. The molecule has 1 heterocycles. The molecule has 30 heavy (non-hydrogen) atoms. The zero-order valence-electron chi connectivity index (χ0n) is 18.7. The van der Waals surface area contributed by atoms with Gasteiger partial charge in [0.25, 0.3) is 0 Å². The highest BCUT2D eigenvalue weighted by atomic mass is 16.6. The average Bonchev–Trinajstić information content (AvgIpc) is 2.98. The number of hydrogen-bond acceptors (Lipinski definition) is 5. The normalized spacial score (nSPS) is 20.8. The SMILES string of the molecule is C=C1C(=O)O[C@H](CCCCCCCCCC)[C@@]1(C)C(=O)OCc1ccc(OC)cc1. The molecule has 1 aromatic rings. The molecule has 0 unspecified atom stereocenters.